The lowest BCUT2D eigenvalue weighted by atomic mass is 9.79. The van der Waals surface area contributed by atoms with E-state index in [4.69, 9.17) is 9.84 Å². The van der Waals surface area contributed by atoms with Gasteiger partial charge in [-0.3, -0.25) is 9.59 Å². The first-order chi connectivity index (χ1) is 9.08. The Morgan fingerprint density at radius 3 is 2.58 bits per heavy atom. The van der Waals surface area contributed by atoms with Crippen molar-refractivity contribution in [2.45, 2.75) is 44.9 Å². The van der Waals surface area contributed by atoms with Gasteiger partial charge in [-0.15, -0.1) is 0 Å². The monoisotopic (exact) mass is 269 g/mol. The molecule has 0 aromatic carbocycles. The van der Waals surface area contributed by atoms with E-state index in [2.05, 4.69) is 11.9 Å². The summed E-state index contributed by atoms with van der Waals surface area (Å²) in [5, 5.41) is 11.8. The molecule has 108 valence electrons. The van der Waals surface area contributed by atoms with E-state index in [1.807, 2.05) is 0 Å². The van der Waals surface area contributed by atoms with E-state index < -0.39 is 5.97 Å². The Labute approximate surface area is 114 Å². The number of hydrogen-bond donors (Lipinski definition) is 2. The van der Waals surface area contributed by atoms with Gasteiger partial charge in [0.05, 0.1) is 19.3 Å². The summed E-state index contributed by atoms with van der Waals surface area (Å²) in [5.74, 6) is -0.865. The predicted octanol–water partition coefficient (Wildman–Crippen LogP) is 2.08. The summed E-state index contributed by atoms with van der Waals surface area (Å²) in [6.07, 6.45) is 6.24. The number of ether oxygens (including phenoxy) is 1. The highest BCUT2D eigenvalue weighted by Gasteiger charge is 2.37. The molecule has 1 amide bonds. The third kappa shape index (κ3) is 5.77. The number of nitrogens with one attached hydrogen (secondary N) is 1. The lowest BCUT2D eigenvalue weighted by Gasteiger charge is -2.26. The minimum Gasteiger partial charge on any atom is -0.502 e. The van der Waals surface area contributed by atoms with Crippen molar-refractivity contribution in [3.63, 3.8) is 0 Å². The summed E-state index contributed by atoms with van der Waals surface area (Å²) in [6.45, 7) is 4.52. The fraction of sp³-hybridized carbons (Fsp3) is 0.714. The molecule has 19 heavy (non-hydrogen) atoms. The SMILES string of the molecule is C=COCCCNC(=O)CC1(CC(=O)O)CCCC1. The first kappa shape index (κ1) is 15.5. The number of carbonyl (C=O) groups excluding carboxylic acids is 1. The molecule has 0 saturated heterocycles. The van der Waals surface area contributed by atoms with Crippen molar-refractivity contribution in [2.24, 2.45) is 5.41 Å². The molecule has 0 bridgehead atoms. The Kier molecular flexibility index (Phi) is 6.39. The van der Waals surface area contributed by atoms with E-state index in [-0.39, 0.29) is 17.7 Å². The van der Waals surface area contributed by atoms with Crippen molar-refractivity contribution >= 4 is 11.9 Å². The Morgan fingerprint density at radius 1 is 1.32 bits per heavy atom. The van der Waals surface area contributed by atoms with Crippen LogP contribution < -0.4 is 5.32 Å². The van der Waals surface area contributed by atoms with Crippen LogP contribution in [0.5, 0.6) is 0 Å². The fourth-order valence-electron chi connectivity index (χ4n) is 2.73. The van der Waals surface area contributed by atoms with Crippen molar-refractivity contribution in [2.75, 3.05) is 13.2 Å². The summed E-state index contributed by atoms with van der Waals surface area (Å²) < 4.78 is 4.96. The van der Waals surface area contributed by atoms with Crippen LogP contribution >= 0.6 is 0 Å². The molecule has 1 saturated carbocycles. The second-order valence-electron chi connectivity index (χ2n) is 5.20. The number of rotatable bonds is 9. The van der Waals surface area contributed by atoms with E-state index in [0.29, 0.717) is 19.6 Å². The normalized spacial score (nSPS) is 16.8. The lowest BCUT2D eigenvalue weighted by Crippen LogP contribution is -2.32. The van der Waals surface area contributed by atoms with Gasteiger partial charge >= 0.3 is 5.97 Å². The maximum atomic E-state index is 11.9. The van der Waals surface area contributed by atoms with Crippen molar-refractivity contribution in [3.8, 4) is 0 Å². The van der Waals surface area contributed by atoms with E-state index in [9.17, 15) is 9.59 Å². The van der Waals surface area contributed by atoms with Crippen LogP contribution in [-0.2, 0) is 14.3 Å². The molecule has 0 atom stereocenters. The molecule has 0 aromatic heterocycles. The van der Waals surface area contributed by atoms with Gasteiger partial charge in [-0.1, -0.05) is 19.4 Å². The second-order valence-corrected chi connectivity index (χ2v) is 5.20. The molecule has 0 heterocycles. The highest BCUT2D eigenvalue weighted by atomic mass is 16.5. The van der Waals surface area contributed by atoms with E-state index >= 15 is 0 Å². The van der Waals surface area contributed by atoms with Gasteiger partial charge in [0.25, 0.3) is 0 Å². The largest absolute Gasteiger partial charge is 0.502 e. The van der Waals surface area contributed by atoms with E-state index in [0.717, 1.165) is 32.1 Å². The Morgan fingerprint density at radius 2 is 2.00 bits per heavy atom. The van der Waals surface area contributed by atoms with Gasteiger partial charge in [-0.25, -0.2) is 0 Å². The maximum Gasteiger partial charge on any atom is 0.303 e. The molecule has 0 spiro atoms. The quantitative estimate of drug-likeness (QED) is 0.496. The zero-order valence-electron chi connectivity index (χ0n) is 11.3. The van der Waals surface area contributed by atoms with Crippen molar-refractivity contribution < 1.29 is 19.4 Å². The molecule has 0 unspecified atom stereocenters. The molecule has 1 aliphatic rings. The maximum absolute atomic E-state index is 11.9. The van der Waals surface area contributed by atoms with Crippen molar-refractivity contribution in [1.29, 1.82) is 0 Å². The number of carboxylic acid groups (broad SMARTS) is 1. The van der Waals surface area contributed by atoms with Crippen molar-refractivity contribution in [3.05, 3.63) is 12.8 Å². The van der Waals surface area contributed by atoms with Crippen LogP contribution in [0.3, 0.4) is 0 Å². The number of carboxylic acids is 1. The second kappa shape index (κ2) is 7.81. The number of hydrogen-bond acceptors (Lipinski definition) is 3. The van der Waals surface area contributed by atoms with Crippen LogP contribution in [0.4, 0.5) is 0 Å². The van der Waals surface area contributed by atoms with Crippen LogP contribution in [0.2, 0.25) is 0 Å². The smallest absolute Gasteiger partial charge is 0.303 e. The van der Waals surface area contributed by atoms with E-state index in [1.54, 1.807) is 0 Å². The summed E-state index contributed by atoms with van der Waals surface area (Å²) in [6, 6.07) is 0. The number of amides is 1. The Bertz CT molecular complexity index is 321. The third-order valence-corrected chi connectivity index (χ3v) is 3.60. The van der Waals surface area contributed by atoms with Gasteiger partial charge in [0, 0.05) is 13.0 Å². The highest BCUT2D eigenvalue weighted by molar-refractivity contribution is 5.78. The van der Waals surface area contributed by atoms with Gasteiger partial charge in [0.1, 0.15) is 0 Å². The third-order valence-electron chi connectivity index (χ3n) is 3.60. The van der Waals surface area contributed by atoms with E-state index in [1.165, 1.54) is 6.26 Å². The van der Waals surface area contributed by atoms with Crippen LogP contribution in [0.25, 0.3) is 0 Å². The topological polar surface area (TPSA) is 75.6 Å². The first-order valence-corrected chi connectivity index (χ1v) is 6.79. The summed E-state index contributed by atoms with van der Waals surface area (Å²) in [4.78, 5) is 22.8. The molecule has 2 N–H and O–H groups in total. The minimum atomic E-state index is -0.811. The van der Waals surface area contributed by atoms with Gasteiger partial charge in [0.15, 0.2) is 0 Å². The average molecular weight is 269 g/mol. The van der Waals surface area contributed by atoms with Gasteiger partial charge in [-0.2, -0.15) is 0 Å². The summed E-state index contributed by atoms with van der Waals surface area (Å²) in [5.41, 5.74) is -0.326. The molecule has 5 nitrogen and oxygen atoms in total. The summed E-state index contributed by atoms with van der Waals surface area (Å²) >= 11 is 0. The zero-order valence-corrected chi connectivity index (χ0v) is 11.3. The molecule has 0 aliphatic heterocycles. The standard InChI is InChI=1S/C14H23NO4/c1-2-19-9-5-8-15-12(16)10-14(11-13(17)18)6-3-4-7-14/h2H,1,3-11H2,(H,15,16)(H,17,18). The van der Waals surface area contributed by atoms with Gasteiger partial charge in [0.2, 0.25) is 5.91 Å². The molecule has 0 aromatic rings. The van der Waals surface area contributed by atoms with Crippen LogP contribution in [-0.4, -0.2) is 30.1 Å². The number of carbonyl (C=O) groups is 2. The molecule has 1 rings (SSSR count). The lowest BCUT2D eigenvalue weighted by molar-refractivity contribution is -0.140. The molecular formula is C14H23NO4. The summed E-state index contributed by atoms with van der Waals surface area (Å²) in [7, 11) is 0. The predicted molar refractivity (Wildman–Crippen MR) is 71.5 cm³/mol. The van der Waals surface area contributed by atoms with Gasteiger partial charge in [-0.05, 0) is 24.7 Å². The molecule has 1 fully saturated rings. The minimum absolute atomic E-state index is 0.0539. The molecule has 5 heteroatoms. The fourth-order valence-corrected chi connectivity index (χ4v) is 2.73. The van der Waals surface area contributed by atoms with Crippen LogP contribution in [0.1, 0.15) is 44.9 Å². The Hall–Kier alpha value is -1.52. The molecule has 1 aliphatic carbocycles. The first-order valence-electron chi connectivity index (χ1n) is 6.79. The molecule has 0 radical (unpaired) electrons. The zero-order chi connectivity index (χ0) is 14.1. The van der Waals surface area contributed by atoms with Crippen LogP contribution in [0, 0.1) is 5.41 Å². The number of aliphatic carboxylic acids is 1. The van der Waals surface area contributed by atoms with Gasteiger partial charge < -0.3 is 15.2 Å². The molecular weight excluding hydrogens is 246 g/mol. The van der Waals surface area contributed by atoms with Crippen LogP contribution in [0.15, 0.2) is 12.8 Å². The van der Waals surface area contributed by atoms with Crippen molar-refractivity contribution in [1.82, 2.24) is 5.32 Å². The average Bonchev–Trinajstić information content (AvgIpc) is 2.76. The Balaban J connectivity index is 2.31. The highest BCUT2D eigenvalue weighted by Crippen LogP contribution is 2.43.